The Labute approximate surface area is 105 Å². The molecule has 94 valence electrons. The van der Waals surface area contributed by atoms with Gasteiger partial charge in [0.2, 0.25) is 0 Å². The van der Waals surface area contributed by atoms with Crippen molar-refractivity contribution in [3.05, 3.63) is 30.3 Å². The first-order valence-electron chi connectivity index (χ1n) is 6.73. The van der Waals surface area contributed by atoms with E-state index in [1.54, 1.807) is 0 Å². The van der Waals surface area contributed by atoms with Crippen LogP contribution in [0.4, 0.5) is 0 Å². The van der Waals surface area contributed by atoms with E-state index in [1.165, 1.54) is 19.4 Å². The highest BCUT2D eigenvalue weighted by Crippen LogP contribution is 2.26. The molecule has 0 saturated carbocycles. The molecule has 2 rings (SSSR count). The van der Waals surface area contributed by atoms with Crippen molar-refractivity contribution in [2.75, 3.05) is 19.7 Å². The zero-order chi connectivity index (χ0) is 12.1. The minimum atomic E-state index is 0.722. The van der Waals surface area contributed by atoms with E-state index >= 15 is 0 Å². The van der Waals surface area contributed by atoms with Crippen molar-refractivity contribution in [1.82, 2.24) is 4.90 Å². The maximum Gasteiger partial charge on any atom is 0.119 e. The molecule has 1 heterocycles. The lowest BCUT2D eigenvalue weighted by molar-refractivity contribution is 0.190. The van der Waals surface area contributed by atoms with E-state index in [0.717, 1.165) is 30.9 Å². The molecule has 2 heteroatoms. The number of benzene rings is 1. The van der Waals surface area contributed by atoms with Gasteiger partial charge in [-0.1, -0.05) is 31.5 Å². The molecule has 1 aliphatic heterocycles. The van der Waals surface area contributed by atoms with Gasteiger partial charge in [0.1, 0.15) is 12.4 Å². The largest absolute Gasteiger partial charge is 0.492 e. The molecule has 0 bridgehead atoms. The molecule has 2 atom stereocenters. The van der Waals surface area contributed by atoms with E-state index in [1.807, 2.05) is 30.3 Å². The summed E-state index contributed by atoms with van der Waals surface area (Å²) in [5.41, 5.74) is 0. The highest BCUT2D eigenvalue weighted by molar-refractivity contribution is 5.20. The molecule has 0 aliphatic carbocycles. The summed E-state index contributed by atoms with van der Waals surface area (Å²) in [5, 5.41) is 0. The molecule has 2 nitrogen and oxygen atoms in total. The summed E-state index contributed by atoms with van der Waals surface area (Å²) in [7, 11) is 0. The Morgan fingerprint density at radius 3 is 2.71 bits per heavy atom. The van der Waals surface area contributed by atoms with Crippen LogP contribution in [0.5, 0.6) is 5.75 Å². The number of para-hydroxylation sites is 1. The predicted octanol–water partition coefficient (Wildman–Crippen LogP) is 3.19. The third-order valence-electron chi connectivity index (χ3n) is 3.96. The molecule has 0 unspecified atom stereocenters. The maximum absolute atomic E-state index is 5.74. The van der Waals surface area contributed by atoms with Crippen molar-refractivity contribution < 1.29 is 4.74 Å². The number of rotatable bonds is 5. The first kappa shape index (κ1) is 12.4. The third-order valence-corrected chi connectivity index (χ3v) is 3.96. The number of hydrogen-bond acceptors (Lipinski definition) is 2. The van der Waals surface area contributed by atoms with Gasteiger partial charge in [0.05, 0.1) is 0 Å². The average Bonchev–Trinajstić information content (AvgIpc) is 2.72. The van der Waals surface area contributed by atoms with Gasteiger partial charge in [-0.05, 0) is 37.9 Å². The van der Waals surface area contributed by atoms with Gasteiger partial charge in [0, 0.05) is 12.6 Å². The van der Waals surface area contributed by atoms with Crippen molar-refractivity contribution in [3.63, 3.8) is 0 Å². The lowest BCUT2D eigenvalue weighted by Gasteiger charge is -2.23. The first-order valence-corrected chi connectivity index (χ1v) is 6.73. The molecule has 0 radical (unpaired) electrons. The smallest absolute Gasteiger partial charge is 0.119 e. The van der Waals surface area contributed by atoms with E-state index in [2.05, 4.69) is 18.7 Å². The molecule has 0 aromatic heterocycles. The fourth-order valence-electron chi connectivity index (χ4n) is 2.73. The van der Waals surface area contributed by atoms with Crippen LogP contribution in [0.3, 0.4) is 0 Å². The fourth-order valence-corrected chi connectivity index (χ4v) is 2.73. The standard InChI is InChI=1S/C15H23NO/c1-3-14-9-10-16(13(14)2)11-12-17-15-7-5-4-6-8-15/h4-8,13-14H,3,9-12H2,1-2H3/t13-,14-/m1/s1. The van der Waals surface area contributed by atoms with Crippen LogP contribution in [0.25, 0.3) is 0 Å². The Morgan fingerprint density at radius 1 is 1.29 bits per heavy atom. The van der Waals surface area contributed by atoms with Gasteiger partial charge in [0.15, 0.2) is 0 Å². The maximum atomic E-state index is 5.74. The molecule has 0 N–H and O–H groups in total. The zero-order valence-corrected chi connectivity index (χ0v) is 10.9. The second kappa shape index (κ2) is 6.06. The van der Waals surface area contributed by atoms with Gasteiger partial charge in [-0.15, -0.1) is 0 Å². The second-order valence-electron chi connectivity index (χ2n) is 4.90. The summed E-state index contributed by atoms with van der Waals surface area (Å²) in [6, 6.07) is 10.8. The molecular weight excluding hydrogens is 210 g/mol. The molecule has 17 heavy (non-hydrogen) atoms. The van der Waals surface area contributed by atoms with Crippen molar-refractivity contribution in [3.8, 4) is 5.75 Å². The van der Waals surface area contributed by atoms with Crippen LogP contribution in [0.2, 0.25) is 0 Å². The molecule has 0 spiro atoms. The normalized spacial score (nSPS) is 25.1. The SMILES string of the molecule is CC[C@@H]1CCN(CCOc2ccccc2)[C@@H]1C. The number of ether oxygens (including phenoxy) is 1. The van der Waals surface area contributed by atoms with Gasteiger partial charge >= 0.3 is 0 Å². The van der Waals surface area contributed by atoms with Gasteiger partial charge in [-0.3, -0.25) is 4.90 Å². The molecule has 0 amide bonds. The zero-order valence-electron chi connectivity index (χ0n) is 10.9. The van der Waals surface area contributed by atoms with Gasteiger partial charge < -0.3 is 4.74 Å². The Kier molecular flexibility index (Phi) is 4.43. The third kappa shape index (κ3) is 3.22. The van der Waals surface area contributed by atoms with Crippen LogP contribution >= 0.6 is 0 Å². The number of likely N-dealkylation sites (tertiary alicyclic amines) is 1. The monoisotopic (exact) mass is 233 g/mol. The lowest BCUT2D eigenvalue weighted by atomic mass is 9.99. The van der Waals surface area contributed by atoms with Crippen LogP contribution in [0.15, 0.2) is 30.3 Å². The summed E-state index contributed by atoms with van der Waals surface area (Å²) in [6.45, 7) is 7.73. The molecule has 1 aliphatic rings. The summed E-state index contributed by atoms with van der Waals surface area (Å²) >= 11 is 0. The molecule has 1 aromatic carbocycles. The number of nitrogens with zero attached hydrogens (tertiary/aromatic N) is 1. The summed E-state index contributed by atoms with van der Waals surface area (Å²) < 4.78 is 5.74. The second-order valence-corrected chi connectivity index (χ2v) is 4.90. The van der Waals surface area contributed by atoms with Crippen LogP contribution in [-0.2, 0) is 0 Å². The van der Waals surface area contributed by atoms with Gasteiger partial charge in [-0.25, -0.2) is 0 Å². The van der Waals surface area contributed by atoms with Gasteiger partial charge in [0.25, 0.3) is 0 Å². The van der Waals surface area contributed by atoms with E-state index in [0.29, 0.717) is 0 Å². The Hall–Kier alpha value is -1.02. The van der Waals surface area contributed by atoms with Crippen molar-refractivity contribution in [2.24, 2.45) is 5.92 Å². The summed E-state index contributed by atoms with van der Waals surface area (Å²) in [6.07, 6.45) is 2.65. The van der Waals surface area contributed by atoms with Crippen LogP contribution in [0, 0.1) is 5.92 Å². The van der Waals surface area contributed by atoms with Crippen molar-refractivity contribution in [1.29, 1.82) is 0 Å². The van der Waals surface area contributed by atoms with Crippen LogP contribution in [-0.4, -0.2) is 30.6 Å². The average molecular weight is 233 g/mol. The van der Waals surface area contributed by atoms with E-state index < -0.39 is 0 Å². The molecule has 1 fully saturated rings. The Morgan fingerprint density at radius 2 is 2.06 bits per heavy atom. The summed E-state index contributed by atoms with van der Waals surface area (Å²) in [4.78, 5) is 2.55. The van der Waals surface area contributed by atoms with Crippen molar-refractivity contribution >= 4 is 0 Å². The van der Waals surface area contributed by atoms with Crippen molar-refractivity contribution in [2.45, 2.75) is 32.7 Å². The highest BCUT2D eigenvalue weighted by Gasteiger charge is 2.28. The Balaban J connectivity index is 1.73. The predicted molar refractivity (Wildman–Crippen MR) is 71.4 cm³/mol. The number of hydrogen-bond donors (Lipinski definition) is 0. The van der Waals surface area contributed by atoms with Gasteiger partial charge in [-0.2, -0.15) is 0 Å². The first-order chi connectivity index (χ1) is 8.31. The molecule has 1 saturated heterocycles. The van der Waals surface area contributed by atoms with Crippen LogP contribution in [0.1, 0.15) is 26.7 Å². The fraction of sp³-hybridized carbons (Fsp3) is 0.600. The quantitative estimate of drug-likeness (QED) is 0.774. The van der Waals surface area contributed by atoms with E-state index in [-0.39, 0.29) is 0 Å². The van der Waals surface area contributed by atoms with E-state index in [4.69, 9.17) is 4.74 Å². The topological polar surface area (TPSA) is 12.5 Å². The Bertz CT molecular complexity index is 325. The molecular formula is C15H23NO. The minimum absolute atomic E-state index is 0.722. The summed E-state index contributed by atoms with van der Waals surface area (Å²) in [5.74, 6) is 1.86. The lowest BCUT2D eigenvalue weighted by Crippen LogP contribution is -2.33. The molecule has 1 aromatic rings. The van der Waals surface area contributed by atoms with Crippen LogP contribution < -0.4 is 4.74 Å². The highest BCUT2D eigenvalue weighted by atomic mass is 16.5. The minimum Gasteiger partial charge on any atom is -0.492 e. The van der Waals surface area contributed by atoms with E-state index in [9.17, 15) is 0 Å².